The molecule has 22 heavy (non-hydrogen) atoms. The van der Waals surface area contributed by atoms with Crippen molar-refractivity contribution in [2.24, 2.45) is 0 Å². The van der Waals surface area contributed by atoms with Gasteiger partial charge in [0.1, 0.15) is 0 Å². The van der Waals surface area contributed by atoms with Crippen LogP contribution >= 0.6 is 11.6 Å². The number of carbonyl (C=O) groups excluding carboxylic acids is 2. The minimum atomic E-state index is -3.13. The number of hydrogen-bond donors (Lipinski definition) is 1. The molecular weight excluding hydrogens is 330 g/mol. The minimum absolute atomic E-state index is 0.0392. The second kappa shape index (κ2) is 6.62. The molecule has 7 nitrogen and oxygen atoms in total. The van der Waals surface area contributed by atoms with E-state index in [0.29, 0.717) is 6.42 Å². The Kier molecular flexibility index (Phi) is 5.02. The van der Waals surface area contributed by atoms with Crippen molar-refractivity contribution in [1.29, 1.82) is 0 Å². The van der Waals surface area contributed by atoms with E-state index >= 15 is 0 Å². The molecule has 1 atom stereocenters. The van der Waals surface area contributed by atoms with Crippen LogP contribution < -0.4 is 5.32 Å². The van der Waals surface area contributed by atoms with E-state index < -0.39 is 27.7 Å². The number of halogens is 1. The molecule has 0 aliphatic carbocycles. The molecule has 1 aromatic rings. The fourth-order valence-corrected chi connectivity index (χ4v) is 4.27. The second-order valence-electron chi connectivity index (χ2n) is 4.94. The molecule has 1 aliphatic rings. The van der Waals surface area contributed by atoms with Crippen LogP contribution in [0.2, 0.25) is 5.15 Å². The first-order chi connectivity index (χ1) is 10.3. The molecule has 1 N–H and O–H groups in total. The van der Waals surface area contributed by atoms with E-state index in [-0.39, 0.29) is 28.9 Å². The predicted molar refractivity (Wildman–Crippen MR) is 82.3 cm³/mol. The normalized spacial score (nSPS) is 19.6. The van der Waals surface area contributed by atoms with Gasteiger partial charge < -0.3 is 10.2 Å². The summed E-state index contributed by atoms with van der Waals surface area (Å²) >= 11 is 5.82. The summed E-state index contributed by atoms with van der Waals surface area (Å²) in [5.41, 5.74) is 0.234. The fourth-order valence-electron chi connectivity index (χ4n) is 2.37. The molecule has 0 spiro atoms. The van der Waals surface area contributed by atoms with Crippen LogP contribution in [-0.4, -0.2) is 54.2 Å². The number of pyridine rings is 1. The van der Waals surface area contributed by atoms with Gasteiger partial charge in [0.25, 0.3) is 0 Å². The molecule has 120 valence electrons. The maximum Gasteiger partial charge on any atom is 0.313 e. The van der Waals surface area contributed by atoms with Gasteiger partial charge in [0.05, 0.1) is 17.2 Å². The van der Waals surface area contributed by atoms with Crippen LogP contribution in [0.15, 0.2) is 18.3 Å². The molecule has 0 aromatic carbocycles. The topological polar surface area (TPSA) is 96.4 Å². The highest BCUT2D eigenvalue weighted by Crippen LogP contribution is 2.20. The number of nitrogens with one attached hydrogen (secondary N) is 1. The lowest BCUT2D eigenvalue weighted by Gasteiger charge is -2.26. The number of amides is 2. The quantitative estimate of drug-likeness (QED) is 0.643. The third kappa shape index (κ3) is 3.75. The molecular formula is C13H16ClN3O4S. The van der Waals surface area contributed by atoms with Crippen LogP contribution in [0.25, 0.3) is 0 Å². The van der Waals surface area contributed by atoms with Crippen molar-refractivity contribution in [3.05, 3.63) is 23.5 Å². The summed E-state index contributed by atoms with van der Waals surface area (Å²) < 4.78 is 23.1. The fraction of sp³-hybridized carbons (Fsp3) is 0.462. The molecule has 1 saturated heterocycles. The SMILES string of the molecule is CCN(C(=O)C(=O)Nc1cccnc1Cl)C1CCS(=O)(=O)C1. The molecule has 9 heteroatoms. The predicted octanol–water partition coefficient (Wildman–Crippen LogP) is 0.709. The lowest BCUT2D eigenvalue weighted by molar-refractivity contribution is -0.144. The number of hydrogen-bond acceptors (Lipinski definition) is 5. The van der Waals surface area contributed by atoms with Gasteiger partial charge in [-0.1, -0.05) is 11.6 Å². The standard InChI is InChI=1S/C13H16ClN3O4S/c1-2-17(9-5-7-22(20,21)8-9)13(19)12(18)16-10-4-3-6-15-11(10)14/h3-4,6,9H,2,5,7-8H2,1H3,(H,16,18). The monoisotopic (exact) mass is 345 g/mol. The Bertz CT molecular complexity index is 692. The van der Waals surface area contributed by atoms with Crippen molar-refractivity contribution in [3.8, 4) is 0 Å². The average molecular weight is 346 g/mol. The first-order valence-corrected chi connectivity index (χ1v) is 8.97. The summed E-state index contributed by atoms with van der Waals surface area (Å²) in [5, 5.41) is 2.47. The zero-order chi connectivity index (χ0) is 16.3. The largest absolute Gasteiger partial charge is 0.331 e. The van der Waals surface area contributed by atoms with Gasteiger partial charge in [0.2, 0.25) is 0 Å². The van der Waals surface area contributed by atoms with Crippen LogP contribution in [0.5, 0.6) is 0 Å². The summed E-state index contributed by atoms with van der Waals surface area (Å²) in [7, 11) is -3.13. The molecule has 1 unspecified atom stereocenters. The average Bonchev–Trinajstić information content (AvgIpc) is 2.82. The highest BCUT2D eigenvalue weighted by molar-refractivity contribution is 7.91. The molecule has 0 radical (unpaired) electrons. The number of nitrogens with zero attached hydrogens (tertiary/aromatic N) is 2. The van der Waals surface area contributed by atoms with E-state index in [9.17, 15) is 18.0 Å². The number of aromatic nitrogens is 1. The Morgan fingerprint density at radius 1 is 1.50 bits per heavy atom. The van der Waals surface area contributed by atoms with Gasteiger partial charge in [-0.25, -0.2) is 13.4 Å². The van der Waals surface area contributed by atoms with Gasteiger partial charge in [0, 0.05) is 18.8 Å². The van der Waals surface area contributed by atoms with E-state index in [1.807, 2.05) is 0 Å². The van der Waals surface area contributed by atoms with Gasteiger partial charge >= 0.3 is 11.8 Å². The Labute approximate surface area is 133 Å². The van der Waals surface area contributed by atoms with Crippen LogP contribution in [0, 0.1) is 0 Å². The summed E-state index contributed by atoms with van der Waals surface area (Å²) in [6.45, 7) is 1.96. The summed E-state index contributed by atoms with van der Waals surface area (Å²) in [6, 6.07) is 2.64. The van der Waals surface area contributed by atoms with Crippen molar-refractivity contribution >= 4 is 38.9 Å². The van der Waals surface area contributed by atoms with Crippen molar-refractivity contribution in [1.82, 2.24) is 9.88 Å². The van der Waals surface area contributed by atoms with Crippen molar-refractivity contribution in [2.45, 2.75) is 19.4 Å². The van der Waals surface area contributed by atoms with Crippen LogP contribution in [0.3, 0.4) is 0 Å². The molecule has 2 amide bonds. The smallest absolute Gasteiger partial charge is 0.313 e. The van der Waals surface area contributed by atoms with Crippen molar-refractivity contribution < 1.29 is 18.0 Å². The highest BCUT2D eigenvalue weighted by atomic mass is 35.5. The maximum absolute atomic E-state index is 12.2. The zero-order valence-electron chi connectivity index (χ0n) is 12.0. The van der Waals surface area contributed by atoms with E-state index in [2.05, 4.69) is 10.3 Å². The van der Waals surface area contributed by atoms with Gasteiger partial charge in [-0.3, -0.25) is 9.59 Å². The van der Waals surface area contributed by atoms with Crippen LogP contribution in [-0.2, 0) is 19.4 Å². The highest BCUT2D eigenvalue weighted by Gasteiger charge is 2.36. The summed E-state index contributed by atoms with van der Waals surface area (Å²) in [6.07, 6.45) is 1.81. The molecule has 1 aliphatic heterocycles. The van der Waals surface area contributed by atoms with E-state index in [0.717, 1.165) is 0 Å². The number of anilines is 1. The molecule has 0 bridgehead atoms. The first-order valence-electron chi connectivity index (χ1n) is 6.77. The number of rotatable bonds is 3. The number of likely N-dealkylation sites (N-methyl/N-ethyl adjacent to an activating group) is 1. The Balaban J connectivity index is 2.08. The Hall–Kier alpha value is -1.67. The molecule has 2 rings (SSSR count). The van der Waals surface area contributed by atoms with Gasteiger partial charge in [-0.2, -0.15) is 0 Å². The Morgan fingerprint density at radius 2 is 2.23 bits per heavy atom. The molecule has 1 fully saturated rings. The van der Waals surface area contributed by atoms with Gasteiger partial charge in [-0.05, 0) is 25.5 Å². The number of sulfone groups is 1. The third-order valence-corrected chi connectivity index (χ3v) is 5.50. The van der Waals surface area contributed by atoms with E-state index in [1.54, 1.807) is 13.0 Å². The van der Waals surface area contributed by atoms with Crippen LogP contribution in [0.4, 0.5) is 5.69 Å². The first kappa shape index (κ1) is 16.7. The third-order valence-electron chi connectivity index (χ3n) is 3.45. The molecule has 1 aromatic heterocycles. The second-order valence-corrected chi connectivity index (χ2v) is 7.53. The lowest BCUT2D eigenvalue weighted by atomic mass is 10.2. The molecule has 2 heterocycles. The maximum atomic E-state index is 12.2. The van der Waals surface area contributed by atoms with Crippen molar-refractivity contribution in [3.63, 3.8) is 0 Å². The number of carbonyl (C=O) groups is 2. The minimum Gasteiger partial charge on any atom is -0.331 e. The van der Waals surface area contributed by atoms with Crippen LogP contribution in [0.1, 0.15) is 13.3 Å². The molecule has 0 saturated carbocycles. The van der Waals surface area contributed by atoms with Gasteiger partial charge in [-0.15, -0.1) is 0 Å². The van der Waals surface area contributed by atoms with Gasteiger partial charge in [0.15, 0.2) is 15.0 Å². The summed E-state index contributed by atoms with van der Waals surface area (Å²) in [5.74, 6) is -1.70. The van der Waals surface area contributed by atoms with E-state index in [4.69, 9.17) is 11.6 Å². The summed E-state index contributed by atoms with van der Waals surface area (Å²) in [4.78, 5) is 29.4. The van der Waals surface area contributed by atoms with Crippen molar-refractivity contribution in [2.75, 3.05) is 23.4 Å². The Morgan fingerprint density at radius 3 is 2.77 bits per heavy atom. The zero-order valence-corrected chi connectivity index (χ0v) is 13.5. The van der Waals surface area contributed by atoms with E-state index in [1.165, 1.54) is 17.2 Å². The lowest BCUT2D eigenvalue weighted by Crippen LogP contribution is -2.46.